The molecule has 3 nitrogen and oxygen atoms in total. The van der Waals surface area contributed by atoms with E-state index in [1.165, 1.54) is 6.07 Å². The lowest BCUT2D eigenvalue weighted by Crippen LogP contribution is -2.36. The lowest BCUT2D eigenvalue weighted by atomic mass is 10.0. The zero-order valence-electron chi connectivity index (χ0n) is 11.2. The molecule has 0 aliphatic heterocycles. The first-order chi connectivity index (χ1) is 8.47. The summed E-state index contributed by atoms with van der Waals surface area (Å²) in [5.74, 6) is -1.63. The standard InChI is InChI=1S/C13H21F2N3/c1-17(2)7-8-18(3)12(9-16)10-5-4-6-11(14)13(10)15/h4-6,12H,7-9,16H2,1-3H3. The average Bonchev–Trinajstić information content (AvgIpc) is 2.32. The van der Waals surface area contributed by atoms with Gasteiger partial charge in [0.15, 0.2) is 11.6 Å². The predicted molar refractivity (Wildman–Crippen MR) is 69.3 cm³/mol. The second-order valence-corrected chi connectivity index (χ2v) is 4.68. The van der Waals surface area contributed by atoms with Gasteiger partial charge in [-0.1, -0.05) is 12.1 Å². The highest BCUT2D eigenvalue weighted by atomic mass is 19.2. The number of hydrogen-bond donors (Lipinski definition) is 1. The van der Waals surface area contributed by atoms with E-state index in [2.05, 4.69) is 0 Å². The number of nitrogens with two attached hydrogens (primary N) is 1. The van der Waals surface area contributed by atoms with Gasteiger partial charge in [0.05, 0.1) is 0 Å². The van der Waals surface area contributed by atoms with Crippen LogP contribution in [0.2, 0.25) is 0 Å². The molecule has 2 N–H and O–H groups in total. The highest BCUT2D eigenvalue weighted by molar-refractivity contribution is 5.23. The molecule has 0 spiro atoms. The molecule has 0 saturated heterocycles. The van der Waals surface area contributed by atoms with E-state index in [9.17, 15) is 8.78 Å². The zero-order chi connectivity index (χ0) is 13.7. The number of likely N-dealkylation sites (N-methyl/N-ethyl adjacent to an activating group) is 2. The van der Waals surface area contributed by atoms with Gasteiger partial charge in [0.1, 0.15) is 0 Å². The van der Waals surface area contributed by atoms with Crippen molar-refractivity contribution in [3.63, 3.8) is 0 Å². The lowest BCUT2D eigenvalue weighted by molar-refractivity contribution is 0.218. The van der Waals surface area contributed by atoms with Crippen molar-refractivity contribution >= 4 is 0 Å². The summed E-state index contributed by atoms with van der Waals surface area (Å²) < 4.78 is 26.9. The van der Waals surface area contributed by atoms with E-state index in [-0.39, 0.29) is 12.6 Å². The third-order valence-electron chi connectivity index (χ3n) is 3.00. The Bertz CT molecular complexity index is 382. The molecule has 0 aromatic heterocycles. The third kappa shape index (κ3) is 3.73. The maximum absolute atomic E-state index is 13.7. The Balaban J connectivity index is 2.85. The van der Waals surface area contributed by atoms with Gasteiger partial charge < -0.3 is 10.6 Å². The number of rotatable bonds is 6. The molecule has 0 aliphatic carbocycles. The predicted octanol–water partition coefficient (Wildman–Crippen LogP) is 1.46. The van der Waals surface area contributed by atoms with Crippen LogP contribution in [0.4, 0.5) is 8.78 Å². The van der Waals surface area contributed by atoms with Crippen molar-refractivity contribution < 1.29 is 8.78 Å². The van der Waals surface area contributed by atoms with E-state index in [0.29, 0.717) is 5.56 Å². The number of nitrogens with zero attached hydrogens (tertiary/aromatic N) is 2. The van der Waals surface area contributed by atoms with Gasteiger partial charge in [-0.05, 0) is 27.2 Å². The Labute approximate surface area is 107 Å². The van der Waals surface area contributed by atoms with Gasteiger partial charge in [-0.3, -0.25) is 4.90 Å². The Hall–Kier alpha value is -1.04. The fourth-order valence-corrected chi connectivity index (χ4v) is 1.84. The molecule has 1 rings (SSSR count). The molecule has 18 heavy (non-hydrogen) atoms. The molecule has 5 heteroatoms. The van der Waals surface area contributed by atoms with Gasteiger partial charge in [-0.2, -0.15) is 0 Å². The molecule has 0 aliphatic rings. The van der Waals surface area contributed by atoms with Gasteiger partial charge in [0.25, 0.3) is 0 Å². The minimum absolute atomic E-state index is 0.254. The van der Waals surface area contributed by atoms with Crippen molar-refractivity contribution in [3.8, 4) is 0 Å². The van der Waals surface area contributed by atoms with Crippen LogP contribution in [0.15, 0.2) is 18.2 Å². The van der Waals surface area contributed by atoms with Crippen molar-refractivity contribution in [1.29, 1.82) is 0 Å². The first-order valence-corrected chi connectivity index (χ1v) is 5.96. The van der Waals surface area contributed by atoms with E-state index in [0.717, 1.165) is 19.2 Å². The van der Waals surface area contributed by atoms with Crippen molar-refractivity contribution in [2.45, 2.75) is 6.04 Å². The van der Waals surface area contributed by atoms with Crippen LogP contribution in [0.25, 0.3) is 0 Å². The fourth-order valence-electron chi connectivity index (χ4n) is 1.84. The van der Waals surface area contributed by atoms with Crippen LogP contribution >= 0.6 is 0 Å². The first-order valence-electron chi connectivity index (χ1n) is 5.96. The Morgan fingerprint density at radius 3 is 2.39 bits per heavy atom. The summed E-state index contributed by atoms with van der Waals surface area (Å²) in [6.07, 6.45) is 0. The first kappa shape index (κ1) is 15.0. The topological polar surface area (TPSA) is 32.5 Å². The molecular formula is C13H21F2N3. The molecule has 0 bridgehead atoms. The number of halogens is 2. The normalized spacial score (nSPS) is 13.3. The van der Waals surface area contributed by atoms with Gasteiger partial charge in [-0.15, -0.1) is 0 Å². The van der Waals surface area contributed by atoms with Gasteiger partial charge in [-0.25, -0.2) is 8.78 Å². The van der Waals surface area contributed by atoms with Crippen molar-refractivity contribution in [2.75, 3.05) is 40.8 Å². The van der Waals surface area contributed by atoms with E-state index in [1.54, 1.807) is 6.07 Å². The minimum Gasteiger partial charge on any atom is -0.329 e. The van der Waals surface area contributed by atoms with Crippen LogP contribution in [0.3, 0.4) is 0 Å². The highest BCUT2D eigenvalue weighted by Gasteiger charge is 2.20. The molecular weight excluding hydrogens is 236 g/mol. The molecule has 0 saturated carbocycles. The molecule has 0 heterocycles. The summed E-state index contributed by atoms with van der Waals surface area (Å²) in [7, 11) is 5.80. The lowest BCUT2D eigenvalue weighted by Gasteiger charge is -2.28. The number of benzene rings is 1. The highest BCUT2D eigenvalue weighted by Crippen LogP contribution is 2.22. The molecule has 0 fully saturated rings. The summed E-state index contributed by atoms with van der Waals surface area (Å²) in [5, 5.41) is 0. The fraction of sp³-hybridized carbons (Fsp3) is 0.538. The zero-order valence-corrected chi connectivity index (χ0v) is 11.2. The van der Waals surface area contributed by atoms with Gasteiger partial charge in [0.2, 0.25) is 0 Å². The van der Waals surface area contributed by atoms with Gasteiger partial charge in [0, 0.05) is 31.2 Å². The molecule has 1 aromatic rings. The maximum Gasteiger partial charge on any atom is 0.163 e. The summed E-state index contributed by atoms with van der Waals surface area (Å²) in [4.78, 5) is 3.98. The van der Waals surface area contributed by atoms with E-state index < -0.39 is 11.6 Å². The number of hydrogen-bond acceptors (Lipinski definition) is 3. The van der Waals surface area contributed by atoms with Gasteiger partial charge >= 0.3 is 0 Å². The molecule has 102 valence electrons. The summed E-state index contributed by atoms with van der Waals surface area (Å²) in [5.41, 5.74) is 6.00. The van der Waals surface area contributed by atoms with Crippen LogP contribution in [0, 0.1) is 11.6 Å². The van der Waals surface area contributed by atoms with Crippen molar-refractivity contribution in [3.05, 3.63) is 35.4 Å². The summed E-state index contributed by atoms with van der Waals surface area (Å²) in [6.45, 7) is 1.83. The molecule has 0 radical (unpaired) electrons. The molecule has 1 atom stereocenters. The second kappa shape index (κ2) is 6.78. The molecule has 1 unspecified atom stereocenters. The van der Waals surface area contributed by atoms with Crippen LogP contribution < -0.4 is 5.73 Å². The average molecular weight is 257 g/mol. The maximum atomic E-state index is 13.7. The Morgan fingerprint density at radius 1 is 1.17 bits per heavy atom. The van der Waals surface area contributed by atoms with E-state index in [4.69, 9.17) is 5.73 Å². The van der Waals surface area contributed by atoms with Crippen LogP contribution in [0.5, 0.6) is 0 Å². The largest absolute Gasteiger partial charge is 0.329 e. The SMILES string of the molecule is CN(C)CCN(C)C(CN)c1cccc(F)c1F. The van der Waals surface area contributed by atoms with E-state index in [1.807, 2.05) is 30.9 Å². The quantitative estimate of drug-likeness (QED) is 0.837. The van der Waals surface area contributed by atoms with Crippen LogP contribution in [-0.2, 0) is 0 Å². The Morgan fingerprint density at radius 2 is 1.83 bits per heavy atom. The third-order valence-corrected chi connectivity index (χ3v) is 3.00. The van der Waals surface area contributed by atoms with Crippen molar-refractivity contribution in [1.82, 2.24) is 9.80 Å². The minimum atomic E-state index is -0.827. The summed E-state index contributed by atoms with van der Waals surface area (Å²) >= 11 is 0. The second-order valence-electron chi connectivity index (χ2n) is 4.68. The smallest absolute Gasteiger partial charge is 0.163 e. The molecule has 0 amide bonds. The van der Waals surface area contributed by atoms with E-state index >= 15 is 0 Å². The Kier molecular flexibility index (Phi) is 5.65. The monoisotopic (exact) mass is 257 g/mol. The van der Waals surface area contributed by atoms with Crippen LogP contribution in [0.1, 0.15) is 11.6 Å². The summed E-state index contributed by atoms with van der Waals surface area (Å²) in [6, 6.07) is 3.91. The van der Waals surface area contributed by atoms with Crippen LogP contribution in [-0.4, -0.2) is 50.6 Å². The molecule has 1 aromatic carbocycles. The van der Waals surface area contributed by atoms with Crippen molar-refractivity contribution in [2.24, 2.45) is 5.73 Å².